The number of methoxy groups -OCH3 is 4. The van der Waals surface area contributed by atoms with Gasteiger partial charge in [-0.3, -0.25) is 4.90 Å². The zero-order chi connectivity index (χ0) is 49.0. The molecule has 0 spiro atoms. The minimum atomic E-state index is 0. The van der Waals surface area contributed by atoms with Gasteiger partial charge in [0.15, 0.2) is 0 Å². The van der Waals surface area contributed by atoms with E-state index in [-0.39, 0.29) is 64.6 Å². The molecular weight excluding hydrogens is 1110 g/mol. The van der Waals surface area contributed by atoms with Crippen LogP contribution in [0.1, 0.15) is 166 Å². The smallest absolute Gasteiger partial charge is 0.872 e. The summed E-state index contributed by atoms with van der Waals surface area (Å²) in [5.74, 6) is 7.63. The van der Waals surface area contributed by atoms with Crippen LogP contribution in [0.25, 0.3) is 0 Å². The molecule has 0 heterocycles. The Hall–Kier alpha value is -2.09. The van der Waals surface area contributed by atoms with Crippen molar-refractivity contribution in [3.8, 4) is 17.2 Å². The van der Waals surface area contributed by atoms with Gasteiger partial charge < -0.3 is 34.3 Å². The largest absolute Gasteiger partial charge is 4.00 e. The average molecular weight is 1200 g/mol. The second-order valence-corrected chi connectivity index (χ2v) is 25.6. The third-order valence-corrected chi connectivity index (χ3v) is 19.9. The summed E-state index contributed by atoms with van der Waals surface area (Å²) in [6.45, 7) is 10.7. The summed E-state index contributed by atoms with van der Waals surface area (Å²) in [6, 6.07) is 13.2. The molecule has 12 fully saturated rings. The minimum absolute atomic E-state index is 0. The van der Waals surface area contributed by atoms with Crippen LogP contribution in [0.15, 0.2) is 36.4 Å². The van der Waals surface area contributed by atoms with Crippen molar-refractivity contribution in [2.45, 2.75) is 172 Å². The first-order valence-electron chi connectivity index (χ1n) is 27.8. The summed E-state index contributed by atoms with van der Waals surface area (Å²) in [6.07, 6.45) is 22.8. The fraction of sp³-hybridized carbons (Fsp3) is 0.710. The number of aryl methyl sites for hydroxylation is 3. The van der Waals surface area contributed by atoms with E-state index < -0.39 is 0 Å². The van der Waals surface area contributed by atoms with Crippen LogP contribution in [0.4, 0.5) is 0 Å². The van der Waals surface area contributed by atoms with Crippen molar-refractivity contribution in [3.63, 3.8) is 0 Å². The first-order chi connectivity index (χ1) is 33.7. The molecule has 12 aliphatic rings. The molecule has 3 aromatic rings. The van der Waals surface area contributed by atoms with Crippen molar-refractivity contribution in [3.05, 3.63) is 86.5 Å². The fourth-order valence-electron chi connectivity index (χ4n) is 18.6. The van der Waals surface area contributed by atoms with Crippen molar-refractivity contribution in [1.82, 2.24) is 4.90 Å². The first-order valence-corrected chi connectivity index (χ1v) is 27.8. The second-order valence-electron chi connectivity index (χ2n) is 25.6. The van der Waals surface area contributed by atoms with Crippen LogP contribution in [-0.2, 0) is 54.8 Å². The summed E-state index contributed by atoms with van der Waals surface area (Å²) in [7, 11) is 6.61. The van der Waals surface area contributed by atoms with E-state index in [1.165, 1.54) is 132 Å². The van der Waals surface area contributed by atoms with Gasteiger partial charge in [0.05, 0.1) is 26.4 Å². The van der Waals surface area contributed by atoms with E-state index in [0.717, 1.165) is 86.6 Å². The third-order valence-electron chi connectivity index (χ3n) is 19.9. The van der Waals surface area contributed by atoms with Crippen LogP contribution in [0.3, 0.4) is 0 Å². The first kappa shape index (κ1) is 53.7. The molecule has 0 N–H and O–H groups in total. The van der Waals surface area contributed by atoms with E-state index in [1.54, 1.807) is 28.4 Å². The van der Waals surface area contributed by atoms with Gasteiger partial charge in [-0.2, -0.15) is 0 Å². The standard InChI is InChI=1S/C54H69NO3.2C4H10O2.U/c1-31-4-43(49(56)46(7-31)52-19-34-10-35(20-52)12-36(11-34)21-52)28-55(29-44-5-32(2)8-47(50(44)57)53-22-37-13-38(23-53)15-39(14-37)24-53)30-45-6-33(3)9-48(51(45)58)54-25-40-16-41(26-54)18-42(17-40)27-54;2*1-5-3-4-6-2;/h4-9,34-42,56-58H,10-30H2,1-3H3;2*3-4H2,1-2H3;/q;;;+4/p-3. The molecule has 3 aromatic carbocycles. The number of benzene rings is 3. The van der Waals surface area contributed by atoms with Crippen molar-refractivity contribution < 1.29 is 65.4 Å². The number of rotatable bonds is 15. The maximum Gasteiger partial charge on any atom is 4.00 e. The molecule has 12 bridgehead atoms. The van der Waals surface area contributed by atoms with Gasteiger partial charge in [0.25, 0.3) is 0 Å². The Bertz CT molecular complexity index is 1960. The molecule has 0 radical (unpaired) electrons. The van der Waals surface area contributed by atoms with E-state index in [2.05, 4.69) is 81.0 Å². The number of nitrogens with zero attached hydrogens (tertiary/aromatic N) is 1. The minimum Gasteiger partial charge on any atom is -0.872 e. The number of ether oxygens (including phenoxy) is 4. The molecule has 384 valence electrons. The third kappa shape index (κ3) is 11.1. The van der Waals surface area contributed by atoms with Gasteiger partial charge in [-0.05, 0) is 239 Å². The van der Waals surface area contributed by atoms with Crippen molar-refractivity contribution in [2.75, 3.05) is 54.9 Å². The number of hydrogen-bond acceptors (Lipinski definition) is 8. The maximum absolute atomic E-state index is 15.0. The van der Waals surface area contributed by atoms with Crippen molar-refractivity contribution in [2.24, 2.45) is 53.3 Å². The second kappa shape index (κ2) is 22.2. The summed E-state index contributed by atoms with van der Waals surface area (Å²) in [5.41, 5.74) is 9.39. The Morgan fingerprint density at radius 1 is 0.380 bits per heavy atom. The van der Waals surface area contributed by atoms with Crippen LogP contribution in [0.5, 0.6) is 17.2 Å². The molecule has 12 aliphatic carbocycles. The Morgan fingerprint density at radius 3 is 0.761 bits per heavy atom. The summed E-state index contributed by atoms with van der Waals surface area (Å²) < 4.78 is 18.6. The quantitative estimate of drug-likeness (QED) is 0.138. The molecule has 0 amide bonds. The van der Waals surface area contributed by atoms with E-state index in [1.807, 2.05) is 0 Å². The van der Waals surface area contributed by atoms with Crippen LogP contribution < -0.4 is 15.3 Å². The number of hydrogen-bond donors (Lipinski definition) is 0. The molecule has 12 saturated carbocycles. The van der Waals surface area contributed by atoms with Gasteiger partial charge in [-0.1, -0.05) is 53.1 Å². The van der Waals surface area contributed by atoms with Crippen LogP contribution >= 0.6 is 0 Å². The Labute approximate surface area is 451 Å². The van der Waals surface area contributed by atoms with Crippen LogP contribution in [-0.4, -0.2) is 59.8 Å². The van der Waals surface area contributed by atoms with Crippen LogP contribution in [0.2, 0.25) is 0 Å². The van der Waals surface area contributed by atoms with Crippen LogP contribution in [0, 0.1) is 105 Å². The molecule has 15 rings (SSSR count). The van der Waals surface area contributed by atoms with Crippen molar-refractivity contribution in [1.29, 1.82) is 0 Å². The monoisotopic (exact) mass is 1190 g/mol. The fourth-order valence-corrected chi connectivity index (χ4v) is 18.6. The van der Waals surface area contributed by atoms with E-state index in [9.17, 15) is 15.3 Å². The van der Waals surface area contributed by atoms with Gasteiger partial charge in [-0.25, -0.2) is 0 Å². The maximum atomic E-state index is 15.0. The molecule has 71 heavy (non-hydrogen) atoms. The van der Waals surface area contributed by atoms with Gasteiger partial charge in [-0.15, -0.1) is 17.2 Å². The van der Waals surface area contributed by atoms with E-state index >= 15 is 0 Å². The van der Waals surface area contributed by atoms with Gasteiger partial charge in [0.1, 0.15) is 0 Å². The topological polar surface area (TPSA) is 109 Å². The summed E-state index contributed by atoms with van der Waals surface area (Å²) in [5, 5.41) is 45.0. The molecule has 0 aliphatic heterocycles. The van der Waals surface area contributed by atoms with Gasteiger partial charge >= 0.3 is 31.1 Å². The molecular formula is C62H86NO7U+. The molecule has 8 nitrogen and oxygen atoms in total. The van der Waals surface area contributed by atoms with E-state index in [0.29, 0.717) is 46.1 Å². The molecule has 0 unspecified atom stereocenters. The Kier molecular flexibility index (Phi) is 16.8. The molecule has 9 heteroatoms. The average Bonchev–Trinajstić information content (AvgIpc) is 3.30. The Balaban J connectivity index is 0.000000431. The van der Waals surface area contributed by atoms with Gasteiger partial charge in [0.2, 0.25) is 0 Å². The predicted octanol–water partition coefficient (Wildman–Crippen LogP) is 11.0. The SMILES string of the molecule is COCCOC.COCCOC.Cc1cc(CN(Cc2cc(C)cc(C34CC5CC(CC(C5)C3)C4)c2[O-])Cc2cc(C)cc(C34CC5CC(CC(C5)C3)C4)c2[O-])c([O-])c(C23CC4CC(CC(C4)C2)C3)c1.[U+4]. The molecule has 0 atom stereocenters. The molecule has 0 aromatic heterocycles. The predicted molar refractivity (Wildman–Crippen MR) is 272 cm³/mol. The Morgan fingerprint density at radius 2 is 0.577 bits per heavy atom. The zero-order valence-electron chi connectivity index (χ0n) is 44.6. The van der Waals surface area contributed by atoms with Gasteiger partial charge in [0, 0.05) is 48.1 Å². The molecule has 0 saturated heterocycles. The zero-order valence-corrected chi connectivity index (χ0v) is 48.8. The summed E-state index contributed by atoms with van der Waals surface area (Å²) >= 11 is 0. The van der Waals surface area contributed by atoms with Crippen molar-refractivity contribution >= 4 is 0 Å². The summed E-state index contributed by atoms with van der Waals surface area (Å²) in [4.78, 5) is 2.33. The van der Waals surface area contributed by atoms with E-state index in [4.69, 9.17) is 0 Å². The normalized spacial score (nSPS) is 34.2.